The van der Waals surface area contributed by atoms with Crippen LogP contribution in [-0.4, -0.2) is 0 Å². The van der Waals surface area contributed by atoms with Gasteiger partial charge < -0.3 is 0 Å². The van der Waals surface area contributed by atoms with Crippen molar-refractivity contribution < 1.29 is 37.3 Å². The first-order valence-corrected chi connectivity index (χ1v) is 6.71. The summed E-state index contributed by atoms with van der Waals surface area (Å²) in [7, 11) is 2.07. The Balaban J connectivity index is 0.00000161. The van der Waals surface area contributed by atoms with Crippen LogP contribution in [0.4, 0.5) is 0 Å². The van der Waals surface area contributed by atoms with Crippen LogP contribution in [0.2, 0.25) is 0 Å². The summed E-state index contributed by atoms with van der Waals surface area (Å²) in [6.45, 7) is 2.15. The molecule has 0 amide bonds. The third-order valence-electron chi connectivity index (χ3n) is 3.57. The molecule has 3 aromatic rings. The van der Waals surface area contributed by atoms with Gasteiger partial charge >= 0.3 is 0 Å². The van der Waals surface area contributed by atoms with Crippen LogP contribution in [0.15, 0.2) is 60.8 Å². The Hall–Kier alpha value is -1.31. The third-order valence-corrected chi connectivity index (χ3v) is 3.57. The van der Waals surface area contributed by atoms with E-state index in [1.165, 1.54) is 16.8 Å². The van der Waals surface area contributed by atoms with E-state index in [0.717, 1.165) is 11.1 Å². The first-order valence-electron chi connectivity index (χ1n) is 6.71. The molecule has 0 atom stereocenters. The Bertz CT molecular complexity index is 736. The van der Waals surface area contributed by atoms with Crippen LogP contribution >= 0.6 is 0 Å². The van der Waals surface area contributed by atoms with E-state index in [-0.39, 0.29) is 32.7 Å². The van der Waals surface area contributed by atoms with Crippen molar-refractivity contribution in [3.8, 4) is 22.4 Å². The summed E-state index contributed by atoms with van der Waals surface area (Å²) in [4.78, 5) is 0. The first-order chi connectivity index (χ1) is 9.77. The maximum Gasteiger partial charge on any atom is 0.193 e. The summed E-state index contributed by atoms with van der Waals surface area (Å²) in [5.74, 6) is 0. The standard InChI is InChI=1S/C19H16N.Y/c1-15-17(16-9-4-3-5-10-16)11-8-12-18(15)19-13-6-7-14-20(19)2;/h3-9,12-14H,1-2H3;/q-1;. The fourth-order valence-corrected chi connectivity index (χ4v) is 2.49. The van der Waals surface area contributed by atoms with Crippen molar-refractivity contribution in [2.45, 2.75) is 6.92 Å². The molecule has 21 heavy (non-hydrogen) atoms. The Morgan fingerprint density at radius 3 is 2.43 bits per heavy atom. The molecular formula is C19H16NY-. The fourth-order valence-electron chi connectivity index (χ4n) is 2.49. The van der Waals surface area contributed by atoms with Gasteiger partial charge in [0.2, 0.25) is 0 Å². The van der Waals surface area contributed by atoms with Crippen molar-refractivity contribution in [1.82, 2.24) is 0 Å². The van der Waals surface area contributed by atoms with Gasteiger partial charge in [-0.3, -0.25) is 0 Å². The summed E-state index contributed by atoms with van der Waals surface area (Å²) in [6.07, 6.45) is 2.07. The van der Waals surface area contributed by atoms with Gasteiger partial charge in [-0.15, -0.1) is 12.1 Å². The number of aryl methyl sites for hydroxylation is 1. The molecule has 0 bridgehead atoms. The number of hydrogen-bond acceptors (Lipinski definition) is 0. The summed E-state index contributed by atoms with van der Waals surface area (Å²) in [6, 6.07) is 25.0. The second-order valence-corrected chi connectivity index (χ2v) is 4.86. The Labute approximate surface area is 151 Å². The van der Waals surface area contributed by atoms with E-state index in [4.69, 9.17) is 0 Å². The topological polar surface area (TPSA) is 3.88 Å². The average molecular weight is 347 g/mol. The van der Waals surface area contributed by atoms with Gasteiger partial charge in [-0.25, -0.2) is 15.7 Å². The van der Waals surface area contributed by atoms with Crippen molar-refractivity contribution in [3.05, 3.63) is 78.5 Å². The number of aromatic nitrogens is 1. The van der Waals surface area contributed by atoms with E-state index in [2.05, 4.69) is 61.1 Å². The molecule has 2 heteroatoms. The molecule has 0 spiro atoms. The second-order valence-electron chi connectivity index (χ2n) is 4.86. The molecule has 0 fully saturated rings. The minimum atomic E-state index is 0. The van der Waals surface area contributed by atoms with Crippen molar-refractivity contribution in [3.63, 3.8) is 0 Å². The zero-order valence-electron chi connectivity index (χ0n) is 12.3. The van der Waals surface area contributed by atoms with Gasteiger partial charge in [0.25, 0.3) is 0 Å². The van der Waals surface area contributed by atoms with E-state index < -0.39 is 0 Å². The number of pyridine rings is 1. The average Bonchev–Trinajstić information content (AvgIpc) is 2.49. The minimum absolute atomic E-state index is 0. The van der Waals surface area contributed by atoms with Gasteiger partial charge in [-0.2, -0.15) is 42.0 Å². The Morgan fingerprint density at radius 2 is 1.71 bits per heavy atom. The van der Waals surface area contributed by atoms with E-state index in [0.29, 0.717) is 0 Å². The zero-order chi connectivity index (χ0) is 13.9. The van der Waals surface area contributed by atoms with Crippen LogP contribution in [-0.2, 0) is 39.8 Å². The maximum atomic E-state index is 3.34. The molecule has 1 radical (unpaired) electrons. The molecule has 1 aromatic heterocycles. The molecule has 0 saturated carbocycles. The van der Waals surface area contributed by atoms with Crippen molar-refractivity contribution in [2.75, 3.05) is 0 Å². The quantitative estimate of drug-likeness (QED) is 0.491. The molecular weight excluding hydrogens is 331 g/mol. The predicted octanol–water partition coefficient (Wildman–Crippen LogP) is 3.75. The molecule has 3 rings (SSSR count). The SMILES string of the molecule is Cc1c(-c2[c-]cccc2)[c-]ccc1-c1cccc[n+]1C.[Y]. The van der Waals surface area contributed by atoms with Crippen molar-refractivity contribution >= 4 is 0 Å². The third kappa shape index (κ3) is 3.31. The smallest absolute Gasteiger partial charge is 0.193 e. The van der Waals surface area contributed by atoms with Crippen LogP contribution in [0.3, 0.4) is 0 Å². The number of nitrogens with zero attached hydrogens (tertiary/aromatic N) is 1. The molecule has 0 aliphatic heterocycles. The molecule has 1 heterocycles. The molecule has 2 aromatic carbocycles. The molecule has 101 valence electrons. The van der Waals surface area contributed by atoms with Crippen LogP contribution < -0.4 is 4.57 Å². The normalized spacial score (nSPS) is 10.0. The molecule has 0 N–H and O–H groups in total. The van der Waals surface area contributed by atoms with Crippen LogP contribution in [0.1, 0.15) is 5.56 Å². The van der Waals surface area contributed by atoms with E-state index in [9.17, 15) is 0 Å². The maximum absolute atomic E-state index is 3.34. The number of benzene rings is 2. The number of rotatable bonds is 2. The number of hydrogen-bond donors (Lipinski definition) is 0. The summed E-state index contributed by atoms with van der Waals surface area (Å²) >= 11 is 0. The fraction of sp³-hybridized carbons (Fsp3) is 0.105. The van der Waals surface area contributed by atoms with Gasteiger partial charge in [-0.1, -0.05) is 6.92 Å². The van der Waals surface area contributed by atoms with Gasteiger partial charge in [0.1, 0.15) is 7.05 Å². The van der Waals surface area contributed by atoms with E-state index >= 15 is 0 Å². The molecule has 0 saturated heterocycles. The largest absolute Gasteiger partial charge is 0.226 e. The Kier molecular flexibility index (Phi) is 5.44. The minimum Gasteiger partial charge on any atom is -0.226 e. The molecule has 0 aliphatic rings. The molecule has 0 aliphatic carbocycles. The first kappa shape index (κ1) is 16.1. The van der Waals surface area contributed by atoms with Gasteiger partial charge in [0, 0.05) is 44.8 Å². The second kappa shape index (κ2) is 7.11. The van der Waals surface area contributed by atoms with Crippen molar-refractivity contribution in [1.29, 1.82) is 0 Å². The zero-order valence-corrected chi connectivity index (χ0v) is 15.1. The van der Waals surface area contributed by atoms with Gasteiger partial charge in [-0.05, 0) is 11.6 Å². The molecule has 0 unspecified atom stereocenters. The van der Waals surface area contributed by atoms with Crippen LogP contribution in [0, 0.1) is 19.1 Å². The van der Waals surface area contributed by atoms with Gasteiger partial charge in [0.05, 0.1) is 0 Å². The van der Waals surface area contributed by atoms with E-state index in [1.54, 1.807) is 0 Å². The molecule has 1 nitrogen and oxygen atoms in total. The van der Waals surface area contributed by atoms with Crippen LogP contribution in [0.5, 0.6) is 0 Å². The van der Waals surface area contributed by atoms with Crippen molar-refractivity contribution in [2.24, 2.45) is 7.05 Å². The van der Waals surface area contributed by atoms with E-state index in [1.807, 2.05) is 30.3 Å². The predicted molar refractivity (Wildman–Crippen MR) is 80.9 cm³/mol. The summed E-state index contributed by atoms with van der Waals surface area (Å²) < 4.78 is 2.14. The van der Waals surface area contributed by atoms with Gasteiger partial charge in [0.15, 0.2) is 11.9 Å². The monoisotopic (exact) mass is 347 g/mol. The summed E-state index contributed by atoms with van der Waals surface area (Å²) in [5, 5.41) is 0. The van der Waals surface area contributed by atoms with Crippen LogP contribution in [0.25, 0.3) is 22.4 Å². The Morgan fingerprint density at radius 1 is 0.905 bits per heavy atom. The summed E-state index contributed by atoms with van der Waals surface area (Å²) in [5.41, 5.74) is 5.88.